The highest BCUT2D eigenvalue weighted by molar-refractivity contribution is 7.26. The standard InChI is InChI=1S/C72H46N2S/c1-3-19-47(20-4-1)48-35-37-50(38-36-48)73(52-39-41-58-60-28-13-16-32-68(60)74(49-21-5-2-6-22-49)69-33-17-14-29-61(69)67(58)46-52)51-40-42-59-64-43-44-65-62-30-15-18-34-70(62)75-72(65)71(64)63-31-12-11-26-56(63)54-24-8-7-23-53(54)55-25-9-10-27-57(55)66(59)45-51/h1-46H. The summed E-state index contributed by atoms with van der Waals surface area (Å²) in [6, 6.07) is 103. The number of benzene rings is 12. The van der Waals surface area contributed by atoms with Crippen molar-refractivity contribution in [3.05, 3.63) is 279 Å². The van der Waals surface area contributed by atoms with Crippen LogP contribution in [0.25, 0.3) is 107 Å². The summed E-state index contributed by atoms with van der Waals surface area (Å²) in [7, 11) is 0. The maximum Gasteiger partial charge on any atom is 0.0540 e. The Kier molecular flexibility index (Phi) is 10.1. The van der Waals surface area contributed by atoms with Gasteiger partial charge in [0.05, 0.1) is 11.4 Å². The smallest absolute Gasteiger partial charge is 0.0540 e. The van der Waals surface area contributed by atoms with Gasteiger partial charge in [0.1, 0.15) is 0 Å². The number of hydrogen-bond donors (Lipinski definition) is 0. The van der Waals surface area contributed by atoms with Crippen molar-refractivity contribution in [2.75, 3.05) is 9.80 Å². The van der Waals surface area contributed by atoms with E-state index < -0.39 is 0 Å². The molecule has 2 heterocycles. The number of para-hydroxylation sites is 3. The minimum Gasteiger partial charge on any atom is -0.310 e. The Hall–Kier alpha value is -9.54. The van der Waals surface area contributed by atoms with E-state index in [0.29, 0.717) is 0 Å². The van der Waals surface area contributed by atoms with Crippen LogP contribution in [0.1, 0.15) is 0 Å². The van der Waals surface area contributed by atoms with Gasteiger partial charge in [0.25, 0.3) is 0 Å². The zero-order chi connectivity index (χ0) is 49.4. The molecule has 1 aromatic heterocycles. The van der Waals surface area contributed by atoms with Crippen LogP contribution >= 0.6 is 11.3 Å². The second kappa shape index (κ2) is 17.6. The van der Waals surface area contributed by atoms with Crippen LogP contribution in [-0.4, -0.2) is 0 Å². The van der Waals surface area contributed by atoms with E-state index in [9.17, 15) is 0 Å². The van der Waals surface area contributed by atoms with E-state index in [0.717, 1.165) is 34.1 Å². The Morgan fingerprint density at radius 2 is 0.707 bits per heavy atom. The molecule has 13 aromatic carbocycles. The van der Waals surface area contributed by atoms with Gasteiger partial charge in [-0.25, -0.2) is 0 Å². The molecule has 1 aliphatic rings. The Morgan fingerprint density at radius 3 is 1.39 bits per heavy atom. The second-order valence-corrected chi connectivity index (χ2v) is 20.6. The first-order chi connectivity index (χ1) is 37.2. The van der Waals surface area contributed by atoms with Crippen molar-refractivity contribution in [3.8, 4) is 33.4 Å². The fourth-order valence-electron chi connectivity index (χ4n) is 12.0. The topological polar surface area (TPSA) is 6.48 Å². The summed E-state index contributed by atoms with van der Waals surface area (Å²) in [5.74, 6) is 0. The third-order valence-electron chi connectivity index (χ3n) is 15.4. The molecule has 0 fully saturated rings. The molecule has 0 saturated heterocycles. The lowest BCUT2D eigenvalue weighted by Gasteiger charge is -2.27. The monoisotopic (exact) mass is 970 g/mol. The molecule has 0 amide bonds. The molecule has 1 aliphatic heterocycles. The van der Waals surface area contributed by atoms with Gasteiger partial charge in [-0.1, -0.05) is 212 Å². The van der Waals surface area contributed by atoms with Gasteiger partial charge in [-0.05, 0) is 137 Å². The van der Waals surface area contributed by atoms with Gasteiger partial charge in [-0.15, -0.1) is 11.3 Å². The highest BCUT2D eigenvalue weighted by Crippen LogP contribution is 2.53. The van der Waals surface area contributed by atoms with E-state index in [2.05, 4.69) is 289 Å². The van der Waals surface area contributed by atoms with Crippen molar-refractivity contribution >= 4 is 119 Å². The summed E-state index contributed by atoms with van der Waals surface area (Å²) in [5, 5.41) is 14.8. The Morgan fingerprint density at radius 1 is 0.267 bits per heavy atom. The molecule has 0 bridgehead atoms. The zero-order valence-electron chi connectivity index (χ0n) is 40.9. The average Bonchev–Trinajstić information content (AvgIpc) is 3.87. The highest BCUT2D eigenvalue weighted by atomic mass is 32.1. The SMILES string of the molecule is c1ccc(-c2ccc(N(c3ccc4c(c3)-c3ccccc3N(c3ccccc3)c3ccccc3-4)c3ccc4c(c3)c3ccccc3c3ccccc3c3ccccc3c3c4ccc4c5ccccc5sc43)cc2)cc1. The van der Waals surface area contributed by atoms with Crippen LogP contribution in [-0.2, 0) is 0 Å². The van der Waals surface area contributed by atoms with Gasteiger partial charge in [0.2, 0.25) is 0 Å². The zero-order valence-corrected chi connectivity index (χ0v) is 41.7. The predicted molar refractivity (Wildman–Crippen MR) is 324 cm³/mol. The van der Waals surface area contributed by atoms with E-state index in [1.165, 1.54) is 107 Å². The van der Waals surface area contributed by atoms with E-state index >= 15 is 0 Å². The Bertz CT molecular complexity index is 4650. The fraction of sp³-hybridized carbons (Fsp3) is 0. The molecular weight excluding hydrogens is 925 g/mol. The summed E-state index contributed by atoms with van der Waals surface area (Å²) < 4.78 is 2.60. The summed E-state index contributed by atoms with van der Waals surface area (Å²) in [6.07, 6.45) is 0. The number of anilines is 6. The van der Waals surface area contributed by atoms with E-state index in [1.54, 1.807) is 0 Å². The third-order valence-corrected chi connectivity index (χ3v) is 16.6. The number of nitrogens with zero attached hydrogens (tertiary/aromatic N) is 2. The minimum atomic E-state index is 1.07. The molecule has 0 radical (unpaired) electrons. The van der Waals surface area contributed by atoms with Crippen molar-refractivity contribution in [1.29, 1.82) is 0 Å². The lowest BCUT2D eigenvalue weighted by Crippen LogP contribution is -2.10. The van der Waals surface area contributed by atoms with E-state index in [1.807, 2.05) is 11.3 Å². The van der Waals surface area contributed by atoms with Crippen LogP contribution in [0.15, 0.2) is 279 Å². The first-order valence-electron chi connectivity index (χ1n) is 25.7. The van der Waals surface area contributed by atoms with E-state index in [4.69, 9.17) is 0 Å². The van der Waals surface area contributed by atoms with Crippen LogP contribution in [0, 0.1) is 0 Å². The molecule has 3 heteroatoms. The van der Waals surface area contributed by atoms with Gasteiger partial charge >= 0.3 is 0 Å². The normalized spacial score (nSPS) is 12.0. The molecule has 15 rings (SSSR count). The maximum atomic E-state index is 2.46. The summed E-state index contributed by atoms with van der Waals surface area (Å²) in [5.41, 5.74) is 13.7. The minimum absolute atomic E-state index is 1.07. The van der Waals surface area contributed by atoms with Crippen molar-refractivity contribution in [2.45, 2.75) is 0 Å². The number of hydrogen-bond acceptors (Lipinski definition) is 3. The van der Waals surface area contributed by atoms with Gasteiger partial charge in [0, 0.05) is 59.4 Å². The number of fused-ring (bicyclic) bond motifs is 19. The number of rotatable bonds is 5. The lowest BCUT2D eigenvalue weighted by atomic mass is 9.93. The summed E-state index contributed by atoms with van der Waals surface area (Å²) in [6.45, 7) is 0. The lowest BCUT2D eigenvalue weighted by molar-refractivity contribution is 1.29. The quantitative estimate of drug-likeness (QED) is 0.170. The maximum absolute atomic E-state index is 2.46. The molecule has 0 unspecified atom stereocenters. The van der Waals surface area contributed by atoms with Crippen LogP contribution in [0.2, 0.25) is 0 Å². The van der Waals surface area contributed by atoms with Gasteiger partial charge in [-0.2, -0.15) is 0 Å². The van der Waals surface area contributed by atoms with Gasteiger partial charge < -0.3 is 9.80 Å². The van der Waals surface area contributed by atoms with Crippen molar-refractivity contribution in [1.82, 2.24) is 0 Å². The number of thiophene rings is 1. The average molecular weight is 971 g/mol. The summed E-state index contributed by atoms with van der Waals surface area (Å²) >= 11 is 1.90. The molecule has 75 heavy (non-hydrogen) atoms. The van der Waals surface area contributed by atoms with Crippen LogP contribution in [0.5, 0.6) is 0 Å². The summed E-state index contributed by atoms with van der Waals surface area (Å²) in [4.78, 5) is 4.88. The highest BCUT2D eigenvalue weighted by Gasteiger charge is 2.27. The first-order valence-corrected chi connectivity index (χ1v) is 26.6. The molecule has 0 spiro atoms. The third kappa shape index (κ3) is 7.01. The molecule has 0 saturated carbocycles. The van der Waals surface area contributed by atoms with Crippen LogP contribution < -0.4 is 9.80 Å². The van der Waals surface area contributed by atoms with Gasteiger partial charge in [-0.3, -0.25) is 0 Å². The van der Waals surface area contributed by atoms with E-state index in [-0.39, 0.29) is 0 Å². The van der Waals surface area contributed by atoms with Gasteiger partial charge in [0.15, 0.2) is 0 Å². The van der Waals surface area contributed by atoms with Crippen LogP contribution in [0.3, 0.4) is 0 Å². The first kappa shape index (κ1) is 43.1. The largest absolute Gasteiger partial charge is 0.310 e. The molecule has 2 nitrogen and oxygen atoms in total. The molecular formula is C72H46N2S. The molecule has 0 N–H and O–H groups in total. The van der Waals surface area contributed by atoms with Crippen molar-refractivity contribution in [3.63, 3.8) is 0 Å². The fourth-order valence-corrected chi connectivity index (χ4v) is 13.3. The Labute approximate surface area is 439 Å². The van der Waals surface area contributed by atoms with Crippen molar-refractivity contribution < 1.29 is 0 Å². The molecule has 14 aromatic rings. The molecule has 350 valence electrons. The predicted octanol–water partition coefficient (Wildman–Crippen LogP) is 21.2. The van der Waals surface area contributed by atoms with Crippen LogP contribution in [0.4, 0.5) is 34.1 Å². The molecule has 0 atom stereocenters. The van der Waals surface area contributed by atoms with Crippen molar-refractivity contribution in [2.24, 2.45) is 0 Å². The Balaban J connectivity index is 1.05. The molecule has 0 aliphatic carbocycles. The second-order valence-electron chi connectivity index (χ2n) is 19.5.